The van der Waals surface area contributed by atoms with Crippen molar-refractivity contribution in [2.45, 2.75) is 25.8 Å². The number of hydrogen-bond acceptors (Lipinski definition) is 3. The molecule has 2 heterocycles. The van der Waals surface area contributed by atoms with Crippen LogP contribution in [0.4, 0.5) is 0 Å². The highest BCUT2D eigenvalue weighted by atomic mass is 35.5. The molecule has 3 aromatic rings. The first kappa shape index (κ1) is 14.3. The molecule has 0 aliphatic rings. The van der Waals surface area contributed by atoms with Crippen LogP contribution < -0.4 is 0 Å². The summed E-state index contributed by atoms with van der Waals surface area (Å²) in [6, 6.07) is 8.14. The van der Waals surface area contributed by atoms with Crippen molar-refractivity contribution in [1.82, 2.24) is 14.5 Å². The highest BCUT2D eigenvalue weighted by Crippen LogP contribution is 2.25. The fraction of sp³-hybridized carbons (Fsp3) is 0.375. The predicted molar refractivity (Wildman–Crippen MR) is 85.7 cm³/mol. The lowest BCUT2D eigenvalue weighted by Crippen LogP contribution is -2.06. The van der Waals surface area contributed by atoms with Gasteiger partial charge in [-0.2, -0.15) is 0 Å². The minimum absolute atomic E-state index is 0.400. The zero-order chi connectivity index (χ0) is 14.7. The Morgan fingerprint density at radius 2 is 2.10 bits per heavy atom. The Morgan fingerprint density at radius 1 is 1.24 bits per heavy atom. The van der Waals surface area contributed by atoms with Crippen LogP contribution in [0.5, 0.6) is 0 Å². The quantitative estimate of drug-likeness (QED) is 0.514. The molecule has 5 heteroatoms. The van der Waals surface area contributed by atoms with Gasteiger partial charge in [0.1, 0.15) is 11.3 Å². The van der Waals surface area contributed by atoms with E-state index in [1.807, 2.05) is 31.3 Å². The van der Waals surface area contributed by atoms with Crippen molar-refractivity contribution >= 4 is 33.5 Å². The van der Waals surface area contributed by atoms with Gasteiger partial charge < -0.3 is 9.30 Å². The number of para-hydroxylation sites is 1. The number of halogens is 1. The topological polar surface area (TPSA) is 39.9 Å². The zero-order valence-electron chi connectivity index (χ0n) is 12.1. The molecule has 0 saturated carbocycles. The summed E-state index contributed by atoms with van der Waals surface area (Å²) in [5.41, 5.74) is 3.01. The van der Waals surface area contributed by atoms with Gasteiger partial charge in [-0.05, 0) is 19.4 Å². The van der Waals surface area contributed by atoms with Gasteiger partial charge >= 0.3 is 0 Å². The highest BCUT2D eigenvalue weighted by molar-refractivity contribution is 6.17. The molecule has 2 aromatic heterocycles. The highest BCUT2D eigenvalue weighted by Gasteiger charge is 2.13. The molecule has 0 atom stereocenters. The number of hydrogen-bond donors (Lipinski definition) is 0. The first-order valence-corrected chi connectivity index (χ1v) is 7.75. The second kappa shape index (κ2) is 6.41. The number of alkyl halides is 1. The number of ether oxygens (including phenoxy) is 1. The van der Waals surface area contributed by atoms with E-state index in [-0.39, 0.29) is 0 Å². The van der Waals surface area contributed by atoms with Crippen LogP contribution in [0.25, 0.3) is 21.9 Å². The van der Waals surface area contributed by atoms with Crippen molar-refractivity contribution in [3.63, 3.8) is 0 Å². The largest absolute Gasteiger partial charge is 0.382 e. The minimum atomic E-state index is 0.400. The molecule has 0 fully saturated rings. The van der Waals surface area contributed by atoms with Crippen molar-refractivity contribution in [2.75, 3.05) is 13.2 Å². The van der Waals surface area contributed by atoms with E-state index in [4.69, 9.17) is 16.3 Å². The number of benzene rings is 1. The van der Waals surface area contributed by atoms with Crippen LogP contribution in [-0.4, -0.2) is 27.7 Å². The lowest BCUT2D eigenvalue weighted by Gasteiger charge is -2.09. The van der Waals surface area contributed by atoms with E-state index in [0.29, 0.717) is 5.88 Å². The maximum atomic E-state index is 6.06. The Bertz CT molecular complexity index is 754. The summed E-state index contributed by atoms with van der Waals surface area (Å²) in [5.74, 6) is 1.29. The SMILES string of the molecule is CCOCCCn1c(CCl)nc2cnc3ccccc3c21. The molecule has 0 radical (unpaired) electrons. The molecule has 1 aromatic carbocycles. The molecule has 0 spiro atoms. The number of fused-ring (bicyclic) bond motifs is 3. The molecule has 110 valence electrons. The zero-order valence-corrected chi connectivity index (χ0v) is 12.8. The Hall–Kier alpha value is -1.65. The van der Waals surface area contributed by atoms with Gasteiger partial charge in [0.05, 0.1) is 23.1 Å². The Kier molecular flexibility index (Phi) is 4.36. The Morgan fingerprint density at radius 3 is 2.90 bits per heavy atom. The van der Waals surface area contributed by atoms with Crippen LogP contribution >= 0.6 is 11.6 Å². The normalized spacial score (nSPS) is 11.5. The Balaban J connectivity index is 2.08. The van der Waals surface area contributed by atoms with Gasteiger partial charge in [0.2, 0.25) is 0 Å². The fourth-order valence-electron chi connectivity index (χ4n) is 2.62. The standard InChI is InChI=1S/C16H18ClN3O/c1-2-21-9-5-8-20-15(10-17)19-14-11-18-13-7-4-3-6-12(13)16(14)20/h3-4,6-7,11H,2,5,8-10H2,1H3. The molecule has 0 N–H and O–H groups in total. The van der Waals surface area contributed by atoms with Crippen LogP contribution in [0.1, 0.15) is 19.2 Å². The second-order valence-electron chi connectivity index (χ2n) is 4.87. The van der Waals surface area contributed by atoms with Gasteiger partial charge in [-0.25, -0.2) is 4.98 Å². The third kappa shape index (κ3) is 2.74. The van der Waals surface area contributed by atoms with Crippen LogP contribution in [0.2, 0.25) is 0 Å². The van der Waals surface area contributed by atoms with Gasteiger partial charge in [0.15, 0.2) is 0 Å². The Labute approximate surface area is 128 Å². The van der Waals surface area contributed by atoms with Crippen LogP contribution in [0.15, 0.2) is 30.5 Å². The summed E-state index contributed by atoms with van der Waals surface area (Å²) < 4.78 is 7.63. The van der Waals surface area contributed by atoms with Gasteiger partial charge in [-0.3, -0.25) is 4.98 Å². The van der Waals surface area contributed by atoms with E-state index in [2.05, 4.69) is 20.6 Å². The first-order valence-electron chi connectivity index (χ1n) is 7.21. The van der Waals surface area contributed by atoms with Crippen molar-refractivity contribution in [1.29, 1.82) is 0 Å². The number of aromatic nitrogens is 3. The van der Waals surface area contributed by atoms with E-state index in [9.17, 15) is 0 Å². The molecule has 0 saturated heterocycles. The van der Waals surface area contributed by atoms with Gasteiger partial charge in [0, 0.05) is 25.1 Å². The lowest BCUT2D eigenvalue weighted by atomic mass is 10.2. The van der Waals surface area contributed by atoms with Crippen molar-refractivity contribution < 1.29 is 4.74 Å². The van der Waals surface area contributed by atoms with E-state index in [0.717, 1.165) is 53.9 Å². The summed E-state index contributed by atoms with van der Waals surface area (Å²) >= 11 is 6.06. The molecule has 0 bridgehead atoms. The van der Waals surface area contributed by atoms with E-state index >= 15 is 0 Å². The maximum absolute atomic E-state index is 6.06. The minimum Gasteiger partial charge on any atom is -0.382 e. The van der Waals surface area contributed by atoms with Crippen molar-refractivity contribution in [3.8, 4) is 0 Å². The summed E-state index contributed by atoms with van der Waals surface area (Å²) in [5, 5.41) is 1.12. The monoisotopic (exact) mass is 303 g/mol. The smallest absolute Gasteiger partial charge is 0.124 e. The third-order valence-electron chi connectivity index (χ3n) is 3.55. The van der Waals surface area contributed by atoms with Crippen LogP contribution in [0, 0.1) is 0 Å². The molecule has 0 aliphatic heterocycles. The van der Waals surface area contributed by atoms with E-state index < -0.39 is 0 Å². The number of nitrogens with zero attached hydrogens (tertiary/aromatic N) is 3. The van der Waals surface area contributed by atoms with Gasteiger partial charge in [0.25, 0.3) is 0 Å². The molecule has 0 unspecified atom stereocenters. The number of pyridine rings is 1. The lowest BCUT2D eigenvalue weighted by molar-refractivity contribution is 0.142. The fourth-order valence-corrected chi connectivity index (χ4v) is 2.83. The second-order valence-corrected chi connectivity index (χ2v) is 5.14. The van der Waals surface area contributed by atoms with Crippen LogP contribution in [-0.2, 0) is 17.2 Å². The van der Waals surface area contributed by atoms with Gasteiger partial charge in [-0.1, -0.05) is 18.2 Å². The summed E-state index contributed by atoms with van der Waals surface area (Å²) in [6.45, 7) is 4.36. The number of rotatable bonds is 6. The molecule has 0 aliphatic carbocycles. The number of aryl methyl sites for hydroxylation is 1. The molecular formula is C16H18ClN3O. The molecule has 4 nitrogen and oxygen atoms in total. The average Bonchev–Trinajstić information content (AvgIpc) is 2.90. The predicted octanol–water partition coefficient (Wildman–Crippen LogP) is 3.75. The third-order valence-corrected chi connectivity index (χ3v) is 3.79. The average molecular weight is 304 g/mol. The van der Waals surface area contributed by atoms with Crippen molar-refractivity contribution in [3.05, 3.63) is 36.3 Å². The summed E-state index contributed by atoms with van der Waals surface area (Å²) in [6.07, 6.45) is 2.77. The van der Waals surface area contributed by atoms with E-state index in [1.54, 1.807) is 0 Å². The molecular weight excluding hydrogens is 286 g/mol. The number of imidazole rings is 1. The molecule has 21 heavy (non-hydrogen) atoms. The molecule has 3 rings (SSSR count). The summed E-state index contributed by atoms with van der Waals surface area (Å²) in [4.78, 5) is 9.07. The maximum Gasteiger partial charge on any atom is 0.124 e. The molecule has 0 amide bonds. The van der Waals surface area contributed by atoms with Crippen LogP contribution in [0.3, 0.4) is 0 Å². The summed E-state index contributed by atoms with van der Waals surface area (Å²) in [7, 11) is 0. The van der Waals surface area contributed by atoms with Crippen molar-refractivity contribution in [2.24, 2.45) is 0 Å². The van der Waals surface area contributed by atoms with E-state index in [1.165, 1.54) is 0 Å². The van der Waals surface area contributed by atoms with Gasteiger partial charge in [-0.15, -0.1) is 11.6 Å². The first-order chi connectivity index (χ1) is 10.3.